The zero-order chi connectivity index (χ0) is 43.9. The van der Waals surface area contributed by atoms with Crippen LogP contribution in [-0.2, 0) is 66.6 Å². The number of rotatable bonds is 12. The summed E-state index contributed by atoms with van der Waals surface area (Å²) in [7, 11) is 4.82. The SMILES string of the molecule is CO[C@@H]1[C@@H](O[C@@H]2O[C@H](C)[C@H](O[C@H]3C[C@@](C)(O)[C@@H](OC(=O)CC(C)C)[C@H](C)O3)[C@H](N(C)C)[C@H]2O)[C@@H](CC=O)C[C@@H](C)C(=O)/C=C/C2OC2C[C@@H](C)OC(=O)C[C@H]1OC(C)=O. The van der Waals surface area contributed by atoms with Crippen molar-refractivity contribution in [2.24, 2.45) is 17.8 Å². The third-order valence-corrected chi connectivity index (χ3v) is 11.4. The Balaban J connectivity index is 1.64. The first-order valence-corrected chi connectivity index (χ1v) is 20.7. The van der Waals surface area contributed by atoms with Crippen LogP contribution in [0.15, 0.2) is 12.2 Å². The summed E-state index contributed by atoms with van der Waals surface area (Å²) in [5.41, 5.74) is -1.51. The van der Waals surface area contributed by atoms with Gasteiger partial charge in [-0.2, -0.15) is 0 Å². The van der Waals surface area contributed by atoms with Crippen LogP contribution in [0.3, 0.4) is 0 Å². The van der Waals surface area contributed by atoms with Gasteiger partial charge in [0.05, 0.1) is 36.9 Å². The molecule has 0 saturated carbocycles. The number of cyclic esters (lactones) is 1. The summed E-state index contributed by atoms with van der Waals surface area (Å²) >= 11 is 0. The number of epoxide rings is 1. The van der Waals surface area contributed by atoms with Crippen LogP contribution >= 0.6 is 0 Å². The Morgan fingerprint density at radius 2 is 1.69 bits per heavy atom. The minimum Gasteiger partial charge on any atom is -0.462 e. The van der Waals surface area contributed by atoms with Crippen molar-refractivity contribution < 1.29 is 76.8 Å². The van der Waals surface area contributed by atoms with Gasteiger partial charge in [-0.05, 0) is 72.2 Å². The summed E-state index contributed by atoms with van der Waals surface area (Å²) in [5.74, 6) is -3.35. The van der Waals surface area contributed by atoms with E-state index in [2.05, 4.69) is 0 Å². The van der Waals surface area contributed by atoms with Crippen molar-refractivity contribution in [1.82, 2.24) is 4.90 Å². The molecule has 3 fully saturated rings. The number of likely N-dealkylation sites (N-methyl/N-ethyl adjacent to an activating group) is 1. The van der Waals surface area contributed by atoms with Gasteiger partial charge >= 0.3 is 17.9 Å². The van der Waals surface area contributed by atoms with Crippen LogP contribution in [0, 0.1) is 17.8 Å². The molecule has 0 spiro atoms. The quantitative estimate of drug-likeness (QED) is 0.125. The number of allylic oxidation sites excluding steroid dienone is 1. The minimum absolute atomic E-state index is 0.0551. The van der Waals surface area contributed by atoms with Crippen molar-refractivity contribution in [2.45, 2.75) is 185 Å². The summed E-state index contributed by atoms with van der Waals surface area (Å²) in [5, 5.41) is 23.5. The van der Waals surface area contributed by atoms with Crippen molar-refractivity contribution in [2.75, 3.05) is 21.2 Å². The van der Waals surface area contributed by atoms with E-state index in [4.69, 9.17) is 42.6 Å². The summed E-state index contributed by atoms with van der Waals surface area (Å²) in [6, 6.07) is -0.800. The van der Waals surface area contributed by atoms with E-state index in [1.54, 1.807) is 59.7 Å². The highest BCUT2D eigenvalue weighted by Gasteiger charge is 2.53. The molecule has 0 aliphatic carbocycles. The van der Waals surface area contributed by atoms with Crippen molar-refractivity contribution in [3.63, 3.8) is 0 Å². The lowest BCUT2D eigenvalue weighted by atomic mass is 9.83. The Morgan fingerprint density at radius 3 is 2.29 bits per heavy atom. The van der Waals surface area contributed by atoms with E-state index >= 15 is 0 Å². The molecule has 17 nitrogen and oxygen atoms in total. The number of aliphatic hydroxyl groups is 2. The highest BCUT2D eigenvalue weighted by atomic mass is 16.7. The van der Waals surface area contributed by atoms with Crippen LogP contribution < -0.4 is 0 Å². The molecule has 4 rings (SSSR count). The number of nitrogens with zero attached hydrogens (tertiary/aromatic N) is 1. The molecule has 59 heavy (non-hydrogen) atoms. The first-order valence-electron chi connectivity index (χ1n) is 20.7. The second-order valence-corrected chi connectivity index (χ2v) is 17.5. The first-order chi connectivity index (χ1) is 27.6. The van der Waals surface area contributed by atoms with Crippen molar-refractivity contribution in [1.29, 1.82) is 0 Å². The Bertz CT molecular complexity index is 1470. The molecule has 0 aromatic carbocycles. The lowest BCUT2D eigenvalue weighted by molar-refractivity contribution is -0.344. The van der Waals surface area contributed by atoms with E-state index in [1.165, 1.54) is 20.1 Å². The first kappa shape index (κ1) is 48.8. The van der Waals surface area contributed by atoms with Gasteiger partial charge in [0.15, 0.2) is 24.5 Å². The number of hydrogen-bond acceptors (Lipinski definition) is 17. The van der Waals surface area contributed by atoms with Crippen LogP contribution in [-0.4, -0.2) is 158 Å². The molecule has 17 atom stereocenters. The Hall–Kier alpha value is -2.87. The van der Waals surface area contributed by atoms with Gasteiger partial charge in [-0.3, -0.25) is 19.2 Å². The van der Waals surface area contributed by atoms with Crippen LogP contribution in [0.5, 0.6) is 0 Å². The fourth-order valence-electron chi connectivity index (χ4n) is 8.51. The van der Waals surface area contributed by atoms with Crippen molar-refractivity contribution >= 4 is 30.0 Å². The maximum absolute atomic E-state index is 13.4. The van der Waals surface area contributed by atoms with Crippen LogP contribution in [0.1, 0.15) is 93.9 Å². The van der Waals surface area contributed by atoms with Gasteiger partial charge in [-0.1, -0.05) is 20.8 Å². The standard InChI is InChI=1S/C42H67NO16/c1-21(2)16-32(47)57-40-25(6)53-34(20-42(40,8)50)58-37-24(5)54-41(36(49)35(37)43(9)10)59-38-27(14-15-44)17-22(3)28(46)12-13-29-30(56-29)18-23(4)52-33(48)19-31(39(38)51-11)55-26(7)45/h12-13,15,21-25,27,29-31,34-41,49-50H,14,16-20H2,1-11H3/b13-12+/t22-,23-,24-,25+,27+,29?,30?,31-,34+,35-,36-,37+,38+,39+,40+,41+,42-/m1/s1. The number of ether oxygens (including phenoxy) is 9. The molecule has 2 unspecified atom stereocenters. The van der Waals surface area contributed by atoms with Gasteiger partial charge in [0.1, 0.15) is 48.5 Å². The Kier molecular flexibility index (Phi) is 17.6. The normalized spacial score (nSPS) is 41.7. The molecule has 2 N–H and O–H groups in total. The van der Waals surface area contributed by atoms with Gasteiger partial charge < -0.3 is 62.5 Å². The predicted molar refractivity (Wildman–Crippen MR) is 208 cm³/mol. The Labute approximate surface area is 347 Å². The van der Waals surface area contributed by atoms with E-state index in [1.807, 2.05) is 13.8 Å². The highest BCUT2D eigenvalue weighted by Crippen LogP contribution is 2.38. The number of carbonyl (C=O) groups is 5. The second kappa shape index (κ2) is 21.3. The smallest absolute Gasteiger partial charge is 0.309 e. The Morgan fingerprint density at radius 1 is 1.00 bits per heavy atom. The molecule has 0 aromatic rings. The molecule has 17 heteroatoms. The number of hydrogen-bond donors (Lipinski definition) is 2. The van der Waals surface area contributed by atoms with E-state index < -0.39 is 115 Å². The zero-order valence-electron chi connectivity index (χ0n) is 36.3. The molecule has 4 aliphatic rings. The molecule has 4 aliphatic heterocycles. The van der Waals surface area contributed by atoms with Gasteiger partial charge in [-0.15, -0.1) is 0 Å². The van der Waals surface area contributed by atoms with Gasteiger partial charge in [-0.25, -0.2) is 0 Å². The number of ketones is 1. The van der Waals surface area contributed by atoms with Gasteiger partial charge in [0, 0.05) is 45.6 Å². The third-order valence-electron chi connectivity index (χ3n) is 11.4. The number of aliphatic hydroxyl groups excluding tert-OH is 1. The second-order valence-electron chi connectivity index (χ2n) is 17.5. The maximum atomic E-state index is 13.4. The predicted octanol–water partition coefficient (Wildman–Crippen LogP) is 2.43. The fraction of sp³-hybridized carbons (Fsp3) is 0.833. The number of fused-ring (bicyclic) bond motifs is 1. The number of esters is 3. The molecule has 0 aromatic heterocycles. The molecule has 3 saturated heterocycles. The highest BCUT2D eigenvalue weighted by molar-refractivity contribution is 5.91. The molecule has 336 valence electrons. The van der Waals surface area contributed by atoms with Gasteiger partial charge in [0.25, 0.3) is 0 Å². The van der Waals surface area contributed by atoms with Crippen LogP contribution in [0.2, 0.25) is 0 Å². The zero-order valence-corrected chi connectivity index (χ0v) is 36.3. The lowest BCUT2D eigenvalue weighted by Crippen LogP contribution is -2.66. The molecule has 0 amide bonds. The lowest BCUT2D eigenvalue weighted by Gasteiger charge is -2.50. The summed E-state index contributed by atoms with van der Waals surface area (Å²) in [4.78, 5) is 65.8. The van der Waals surface area contributed by atoms with Gasteiger partial charge in [0.2, 0.25) is 0 Å². The fourth-order valence-corrected chi connectivity index (χ4v) is 8.51. The van der Waals surface area contributed by atoms with E-state index in [0.29, 0.717) is 12.7 Å². The molecule has 0 bridgehead atoms. The minimum atomic E-state index is -1.51. The van der Waals surface area contributed by atoms with E-state index in [9.17, 15) is 34.2 Å². The molecule has 0 radical (unpaired) electrons. The third kappa shape index (κ3) is 13.3. The van der Waals surface area contributed by atoms with E-state index in [0.717, 1.165) is 0 Å². The average Bonchev–Trinajstić information content (AvgIpc) is 3.85. The van der Waals surface area contributed by atoms with Crippen molar-refractivity contribution in [3.05, 3.63) is 12.2 Å². The maximum Gasteiger partial charge on any atom is 0.309 e. The number of carbonyl (C=O) groups excluding carboxylic acids is 5. The van der Waals surface area contributed by atoms with Crippen LogP contribution in [0.25, 0.3) is 0 Å². The monoisotopic (exact) mass is 841 g/mol. The number of aldehydes is 1. The average molecular weight is 842 g/mol. The molecule has 4 heterocycles. The molecular weight excluding hydrogens is 774 g/mol. The van der Waals surface area contributed by atoms with Crippen molar-refractivity contribution in [3.8, 4) is 0 Å². The van der Waals surface area contributed by atoms with E-state index in [-0.39, 0.29) is 49.6 Å². The summed E-state index contributed by atoms with van der Waals surface area (Å²) in [6.45, 7) is 13.4. The summed E-state index contributed by atoms with van der Waals surface area (Å²) in [6.07, 6.45) is -7.99. The van der Waals surface area contributed by atoms with Crippen LogP contribution in [0.4, 0.5) is 0 Å². The topological polar surface area (TPSA) is 215 Å². The largest absolute Gasteiger partial charge is 0.462 e. The number of methoxy groups -OCH3 is 1. The molecular formula is C42H67NO16. The summed E-state index contributed by atoms with van der Waals surface area (Å²) < 4.78 is 54.2.